The summed E-state index contributed by atoms with van der Waals surface area (Å²) >= 11 is 0. The highest BCUT2D eigenvalue weighted by Crippen LogP contribution is 2.55. The van der Waals surface area contributed by atoms with Crippen LogP contribution in [0.3, 0.4) is 0 Å². The van der Waals surface area contributed by atoms with E-state index in [0.717, 1.165) is 11.6 Å². The van der Waals surface area contributed by atoms with Crippen molar-refractivity contribution in [3.8, 4) is 6.07 Å². The number of carbonyl (C=O) groups is 1. The van der Waals surface area contributed by atoms with Gasteiger partial charge in [0.1, 0.15) is 29.5 Å². The van der Waals surface area contributed by atoms with Crippen LogP contribution < -0.4 is 10.2 Å². The minimum absolute atomic E-state index is 0.0162. The van der Waals surface area contributed by atoms with Crippen molar-refractivity contribution in [1.82, 2.24) is 24.6 Å². The number of nitrogens with one attached hydrogen (secondary N) is 1. The number of aromatic nitrogens is 4. The molecule has 4 aliphatic heterocycles. The lowest BCUT2D eigenvalue weighted by atomic mass is 9.57. The van der Waals surface area contributed by atoms with E-state index in [9.17, 15) is 23.1 Å². The second-order valence-electron chi connectivity index (χ2n) is 13.6. The number of aliphatic hydroxyl groups is 1. The molecule has 47 heavy (non-hydrogen) atoms. The van der Waals surface area contributed by atoms with Crippen LogP contribution in [-0.2, 0) is 42.9 Å². The standard InChI is InChI=1S/C32H34F4N8O3/c1-42-19-39-41-27(42)9-30(17-47-18-30)21-7-25(38-4-2-3-37)40-26(8-21)44-11-23-22(28(44)46)5-20(6-24(23)32(34,35)36)10-43-14-29(16-45)12-31(33,13-29)15-43/h5-8,19,45H,2,4,9-18H2,1H3,(H,38,40). The summed E-state index contributed by atoms with van der Waals surface area (Å²) < 4.78 is 66.0. The van der Waals surface area contributed by atoms with Gasteiger partial charge in [-0.05, 0) is 53.8 Å². The molecule has 3 aromatic rings. The quantitative estimate of drug-likeness (QED) is 0.249. The fraction of sp³-hybridized carbons (Fsp3) is 0.531. The largest absolute Gasteiger partial charge is 0.416 e. The van der Waals surface area contributed by atoms with Crippen molar-refractivity contribution in [2.75, 3.05) is 49.7 Å². The van der Waals surface area contributed by atoms with E-state index < -0.39 is 34.1 Å². The number of pyridine rings is 1. The van der Waals surface area contributed by atoms with Gasteiger partial charge in [0.25, 0.3) is 5.91 Å². The second kappa shape index (κ2) is 11.2. The van der Waals surface area contributed by atoms with Crippen LogP contribution in [0, 0.1) is 16.7 Å². The summed E-state index contributed by atoms with van der Waals surface area (Å²) in [5.41, 5.74) is -2.72. The first-order chi connectivity index (χ1) is 22.3. The highest BCUT2D eigenvalue weighted by molar-refractivity contribution is 6.10. The molecule has 8 rings (SSSR count). The monoisotopic (exact) mass is 654 g/mol. The first kappa shape index (κ1) is 31.5. The van der Waals surface area contributed by atoms with Gasteiger partial charge in [0.2, 0.25) is 0 Å². The topological polar surface area (TPSA) is 132 Å². The molecule has 0 radical (unpaired) electrons. The molecule has 0 atom stereocenters. The molecule has 1 aliphatic carbocycles. The molecule has 248 valence electrons. The molecule has 4 fully saturated rings. The van der Waals surface area contributed by atoms with Crippen molar-refractivity contribution < 1.29 is 32.2 Å². The van der Waals surface area contributed by atoms with Crippen molar-refractivity contribution >= 4 is 17.5 Å². The second-order valence-corrected chi connectivity index (χ2v) is 13.6. The number of aliphatic hydroxyl groups excluding tert-OH is 1. The Hall–Kier alpha value is -4.13. The lowest BCUT2D eigenvalue weighted by molar-refractivity contribution is -0.168. The van der Waals surface area contributed by atoms with Gasteiger partial charge in [0.05, 0.1) is 44.4 Å². The van der Waals surface area contributed by atoms with E-state index in [1.54, 1.807) is 21.9 Å². The Bertz CT molecular complexity index is 1760. The van der Waals surface area contributed by atoms with E-state index >= 15 is 4.39 Å². The van der Waals surface area contributed by atoms with Crippen LogP contribution in [-0.4, -0.2) is 80.8 Å². The number of hydrogen-bond donors (Lipinski definition) is 2. The maximum Gasteiger partial charge on any atom is 0.416 e. The number of nitriles is 1. The molecule has 1 saturated carbocycles. The summed E-state index contributed by atoms with van der Waals surface area (Å²) in [6.07, 6.45) is -2.00. The summed E-state index contributed by atoms with van der Waals surface area (Å²) in [6.45, 7) is 0.902. The number of fused-ring (bicyclic) bond motifs is 3. The molecule has 0 spiro atoms. The predicted octanol–water partition coefficient (Wildman–Crippen LogP) is 3.52. The van der Waals surface area contributed by atoms with Gasteiger partial charge in [-0.25, -0.2) is 9.37 Å². The van der Waals surface area contributed by atoms with Crippen LogP contribution in [0.1, 0.15) is 57.7 Å². The summed E-state index contributed by atoms with van der Waals surface area (Å²) in [5, 5.41) is 30.2. The third kappa shape index (κ3) is 5.62. The van der Waals surface area contributed by atoms with E-state index in [-0.39, 0.29) is 74.6 Å². The van der Waals surface area contributed by atoms with Gasteiger partial charge < -0.3 is 19.7 Å². The number of benzene rings is 1. The first-order valence-electron chi connectivity index (χ1n) is 15.5. The molecule has 1 amide bonds. The smallest absolute Gasteiger partial charge is 0.396 e. The molecule has 5 aliphatic rings. The highest BCUT2D eigenvalue weighted by Gasteiger charge is 2.60. The zero-order valence-corrected chi connectivity index (χ0v) is 25.8. The van der Waals surface area contributed by atoms with Crippen molar-refractivity contribution in [2.45, 2.75) is 56.0 Å². The number of anilines is 2. The number of piperidine rings is 2. The Morgan fingerprint density at radius 1 is 1.17 bits per heavy atom. The Labute approximate surface area is 268 Å². The fourth-order valence-electron chi connectivity index (χ4n) is 7.76. The minimum Gasteiger partial charge on any atom is -0.396 e. The van der Waals surface area contributed by atoms with Crippen LogP contribution in [0.25, 0.3) is 0 Å². The summed E-state index contributed by atoms with van der Waals surface area (Å²) in [7, 11) is 1.83. The van der Waals surface area contributed by atoms with Gasteiger partial charge in [-0.15, -0.1) is 10.2 Å². The van der Waals surface area contributed by atoms with E-state index in [4.69, 9.17) is 10.00 Å². The number of rotatable bonds is 10. The molecule has 1 aromatic carbocycles. The van der Waals surface area contributed by atoms with E-state index in [2.05, 4.69) is 26.6 Å². The third-order valence-electron chi connectivity index (χ3n) is 9.90. The predicted molar refractivity (Wildman–Crippen MR) is 160 cm³/mol. The average Bonchev–Trinajstić information content (AvgIpc) is 3.55. The SMILES string of the molecule is Cn1cnnc1CC1(c2cc(NCCC#N)nc(N3Cc4c(cc(CN5CC6(F)CC(CO)(C5)C6)cc4C(F)(F)F)C3=O)c2)COC1. The molecule has 3 saturated heterocycles. The Morgan fingerprint density at radius 2 is 1.96 bits per heavy atom. The zero-order chi connectivity index (χ0) is 33.2. The number of ether oxygens (including phenoxy) is 1. The molecular weight excluding hydrogens is 620 g/mol. The molecule has 6 heterocycles. The number of hydrogen-bond acceptors (Lipinski definition) is 9. The number of amides is 1. The summed E-state index contributed by atoms with van der Waals surface area (Å²) in [5.74, 6) is 0.635. The Kier molecular flexibility index (Phi) is 7.53. The van der Waals surface area contributed by atoms with E-state index in [1.807, 2.05) is 13.1 Å². The van der Waals surface area contributed by atoms with Gasteiger partial charge in [-0.2, -0.15) is 18.4 Å². The van der Waals surface area contributed by atoms with Gasteiger partial charge in [-0.1, -0.05) is 0 Å². The summed E-state index contributed by atoms with van der Waals surface area (Å²) in [6, 6.07) is 8.10. The molecule has 11 nitrogen and oxygen atoms in total. The number of nitrogens with zero attached hydrogens (tertiary/aromatic N) is 7. The van der Waals surface area contributed by atoms with Crippen LogP contribution in [0.4, 0.5) is 29.2 Å². The molecule has 2 N–H and O–H groups in total. The molecule has 15 heteroatoms. The average molecular weight is 655 g/mol. The van der Waals surface area contributed by atoms with Crippen LogP contribution in [0.2, 0.25) is 0 Å². The molecule has 0 unspecified atom stereocenters. The van der Waals surface area contributed by atoms with Crippen molar-refractivity contribution in [3.05, 3.63) is 64.2 Å². The van der Waals surface area contributed by atoms with Crippen molar-refractivity contribution in [1.29, 1.82) is 5.26 Å². The lowest BCUT2D eigenvalue weighted by Crippen LogP contribution is -2.66. The van der Waals surface area contributed by atoms with Crippen LogP contribution in [0.5, 0.6) is 0 Å². The van der Waals surface area contributed by atoms with Gasteiger partial charge >= 0.3 is 6.18 Å². The molecular formula is C32H34F4N8O3. The number of carbonyl (C=O) groups excluding carboxylic acids is 1. The van der Waals surface area contributed by atoms with Gasteiger partial charge in [0.15, 0.2) is 0 Å². The van der Waals surface area contributed by atoms with Crippen molar-refractivity contribution in [3.63, 3.8) is 0 Å². The summed E-state index contributed by atoms with van der Waals surface area (Å²) in [4.78, 5) is 21.5. The number of aryl methyl sites for hydroxylation is 1. The maximum atomic E-state index is 15.1. The highest BCUT2D eigenvalue weighted by atomic mass is 19.4. The molecule has 2 aromatic heterocycles. The lowest BCUT2D eigenvalue weighted by Gasteiger charge is -2.59. The maximum absolute atomic E-state index is 15.1. The van der Waals surface area contributed by atoms with E-state index in [0.29, 0.717) is 37.8 Å². The Balaban J connectivity index is 1.23. The van der Waals surface area contributed by atoms with Gasteiger partial charge in [-0.3, -0.25) is 14.6 Å². The fourth-order valence-corrected chi connectivity index (χ4v) is 7.76. The third-order valence-corrected chi connectivity index (χ3v) is 9.90. The van der Waals surface area contributed by atoms with E-state index in [1.165, 1.54) is 11.0 Å². The first-order valence-corrected chi connectivity index (χ1v) is 15.5. The normalized spacial score (nSPS) is 24.8. The van der Waals surface area contributed by atoms with Crippen LogP contribution in [0.15, 0.2) is 30.6 Å². The van der Waals surface area contributed by atoms with Gasteiger partial charge in [0, 0.05) is 56.0 Å². The minimum atomic E-state index is -4.74. The Morgan fingerprint density at radius 3 is 2.60 bits per heavy atom. The number of alkyl halides is 4. The van der Waals surface area contributed by atoms with Crippen molar-refractivity contribution in [2.24, 2.45) is 12.5 Å². The number of halogens is 4. The zero-order valence-electron chi connectivity index (χ0n) is 25.8. The van der Waals surface area contributed by atoms with Crippen LogP contribution >= 0.6 is 0 Å². The molecule has 2 bridgehead atoms.